The van der Waals surface area contributed by atoms with E-state index in [0.29, 0.717) is 21.9 Å². The quantitative estimate of drug-likeness (QED) is 0.594. The molecule has 0 aliphatic carbocycles. The molecule has 8 nitrogen and oxygen atoms in total. The summed E-state index contributed by atoms with van der Waals surface area (Å²) in [6.45, 7) is 9.50. The van der Waals surface area contributed by atoms with Gasteiger partial charge in [-0.1, -0.05) is 24.7 Å². The van der Waals surface area contributed by atoms with Gasteiger partial charge >= 0.3 is 15.8 Å². The van der Waals surface area contributed by atoms with E-state index in [2.05, 4.69) is 4.98 Å². The van der Waals surface area contributed by atoms with Crippen LogP contribution in [0, 0.1) is 17.0 Å². The summed E-state index contributed by atoms with van der Waals surface area (Å²) in [7, 11) is -4.16. The summed E-state index contributed by atoms with van der Waals surface area (Å²) in [4.78, 5) is 14.1. The van der Waals surface area contributed by atoms with Gasteiger partial charge in [-0.05, 0) is 35.5 Å². The third-order valence-electron chi connectivity index (χ3n) is 3.65. The van der Waals surface area contributed by atoms with Crippen LogP contribution in [0.25, 0.3) is 0 Å². The van der Waals surface area contributed by atoms with Gasteiger partial charge < -0.3 is 14.9 Å². The van der Waals surface area contributed by atoms with E-state index in [9.17, 15) is 18.5 Å². The largest absolute Gasteiger partial charge is 0.494 e. The van der Waals surface area contributed by atoms with E-state index in [1.54, 1.807) is 6.07 Å². The summed E-state index contributed by atoms with van der Waals surface area (Å²) in [5.74, 6) is 0.0207. The van der Waals surface area contributed by atoms with Gasteiger partial charge in [-0.25, -0.2) is 4.98 Å². The molecule has 1 heterocycles. The van der Waals surface area contributed by atoms with Crippen molar-refractivity contribution in [1.82, 2.24) is 8.96 Å². The molecule has 0 aliphatic rings. The molecule has 0 saturated carbocycles. The molecule has 2 rings (SSSR count). The van der Waals surface area contributed by atoms with Crippen LogP contribution in [0.5, 0.6) is 5.75 Å². The Morgan fingerprint density at radius 1 is 1.32 bits per heavy atom. The highest BCUT2D eigenvalue weighted by Crippen LogP contribution is 2.34. The number of rotatable bonds is 5. The van der Waals surface area contributed by atoms with Crippen LogP contribution in [0.4, 0.5) is 5.82 Å². The molecule has 1 aromatic heterocycles. The number of aryl methyl sites for hydroxylation is 1. The van der Waals surface area contributed by atoms with Gasteiger partial charge in [0, 0.05) is 12.5 Å². The number of imidazole rings is 1. The lowest BCUT2D eigenvalue weighted by Crippen LogP contribution is -2.19. The second-order valence-electron chi connectivity index (χ2n) is 6.53. The molecule has 0 N–H and O–H groups in total. The number of ether oxygens (including phenoxy) is 1. The molecular weight excluding hydrogens is 346 g/mol. The predicted octanol–water partition coefficient (Wildman–Crippen LogP) is 3.03. The average Bonchev–Trinajstić information content (AvgIpc) is 2.89. The fraction of sp³-hybridized carbons (Fsp3) is 0.438. The molecule has 0 spiro atoms. The first-order chi connectivity index (χ1) is 11.5. The molecule has 0 bridgehead atoms. The molecule has 136 valence electrons. The van der Waals surface area contributed by atoms with Gasteiger partial charge in [-0.3, -0.25) is 0 Å². The van der Waals surface area contributed by atoms with E-state index in [1.165, 1.54) is 19.1 Å². The van der Waals surface area contributed by atoms with Crippen molar-refractivity contribution in [3.63, 3.8) is 0 Å². The topological polar surface area (TPSA) is 104 Å². The summed E-state index contributed by atoms with van der Waals surface area (Å²) in [6, 6.07) is 4.47. The van der Waals surface area contributed by atoms with Crippen molar-refractivity contribution in [2.24, 2.45) is 0 Å². The lowest BCUT2D eigenvalue weighted by atomic mass is 9.86. The van der Waals surface area contributed by atoms with Crippen LogP contribution >= 0.6 is 0 Å². The van der Waals surface area contributed by atoms with Gasteiger partial charge in [0.1, 0.15) is 16.8 Å². The van der Waals surface area contributed by atoms with Gasteiger partial charge in [0.05, 0.1) is 6.61 Å². The number of aromatic nitrogens is 2. The minimum absolute atomic E-state index is 0.0258. The first-order valence-corrected chi connectivity index (χ1v) is 9.15. The number of hydrogen-bond acceptors (Lipinski definition) is 6. The average molecular weight is 367 g/mol. The zero-order valence-electron chi connectivity index (χ0n) is 14.8. The third kappa shape index (κ3) is 3.51. The molecule has 25 heavy (non-hydrogen) atoms. The van der Waals surface area contributed by atoms with Gasteiger partial charge in [0.15, 0.2) is 0 Å². The van der Waals surface area contributed by atoms with Crippen LogP contribution in [0.1, 0.15) is 39.1 Å². The lowest BCUT2D eigenvalue weighted by Gasteiger charge is -2.23. The molecule has 0 fully saturated rings. The second-order valence-corrected chi connectivity index (χ2v) is 8.32. The van der Waals surface area contributed by atoms with Crippen molar-refractivity contribution in [2.45, 2.75) is 44.9 Å². The molecule has 0 atom stereocenters. The van der Waals surface area contributed by atoms with Gasteiger partial charge in [0.2, 0.25) is 5.82 Å². The van der Waals surface area contributed by atoms with Gasteiger partial charge in [-0.2, -0.15) is 8.42 Å². The predicted molar refractivity (Wildman–Crippen MR) is 92.5 cm³/mol. The molecule has 0 aliphatic heterocycles. The normalized spacial score (nSPS) is 12.2. The van der Waals surface area contributed by atoms with Crippen LogP contribution in [-0.2, 0) is 15.4 Å². The van der Waals surface area contributed by atoms with Gasteiger partial charge in [0.25, 0.3) is 0 Å². The maximum Gasteiger partial charge on any atom is 0.358 e. The highest BCUT2D eigenvalue weighted by atomic mass is 32.2. The molecule has 0 amide bonds. The van der Waals surface area contributed by atoms with Crippen molar-refractivity contribution < 1.29 is 18.1 Å². The Morgan fingerprint density at radius 3 is 2.48 bits per heavy atom. The first kappa shape index (κ1) is 18.9. The molecule has 0 radical (unpaired) electrons. The number of nitro groups is 1. The van der Waals surface area contributed by atoms with Crippen LogP contribution in [-0.4, -0.2) is 28.9 Å². The second kappa shape index (κ2) is 6.47. The molecule has 0 unspecified atom stereocenters. The van der Waals surface area contributed by atoms with Crippen LogP contribution in [0.3, 0.4) is 0 Å². The zero-order chi connectivity index (χ0) is 19.0. The summed E-state index contributed by atoms with van der Waals surface area (Å²) in [6.07, 6.45) is 0.937. The lowest BCUT2D eigenvalue weighted by molar-refractivity contribution is -0.390. The van der Waals surface area contributed by atoms with Crippen molar-refractivity contribution in [1.29, 1.82) is 0 Å². The highest BCUT2D eigenvalue weighted by Gasteiger charge is 2.33. The van der Waals surface area contributed by atoms with E-state index in [4.69, 9.17) is 4.74 Å². The van der Waals surface area contributed by atoms with Gasteiger partial charge in [-0.15, -0.1) is 0 Å². The fourth-order valence-corrected chi connectivity index (χ4v) is 3.96. The highest BCUT2D eigenvalue weighted by molar-refractivity contribution is 7.90. The standard InChI is InChI=1S/C16H21N3O5S/c1-6-24-14-8-7-12(9-13(14)16(3,4)5)25(22,23)18-11(2)17-10-15(18)19(20)21/h7-10H,6H2,1-5H3. The van der Waals surface area contributed by atoms with E-state index in [1.807, 2.05) is 27.7 Å². The third-order valence-corrected chi connectivity index (χ3v) is 5.43. The van der Waals surface area contributed by atoms with Crippen molar-refractivity contribution in [2.75, 3.05) is 6.61 Å². The smallest absolute Gasteiger partial charge is 0.358 e. The summed E-state index contributed by atoms with van der Waals surface area (Å²) < 4.78 is 32.2. The Bertz CT molecular complexity index is 910. The first-order valence-electron chi connectivity index (χ1n) is 7.71. The minimum Gasteiger partial charge on any atom is -0.494 e. The maximum absolute atomic E-state index is 13.0. The Kier molecular flexibility index (Phi) is 4.90. The van der Waals surface area contributed by atoms with Crippen molar-refractivity contribution in [3.05, 3.63) is 45.9 Å². The van der Waals surface area contributed by atoms with Crippen LogP contribution in [0.2, 0.25) is 0 Å². The SMILES string of the molecule is CCOc1ccc(S(=O)(=O)n2c([N+](=O)[O-])cnc2C)cc1C(C)(C)C. The summed E-state index contributed by atoms with van der Waals surface area (Å²) >= 11 is 0. The minimum atomic E-state index is -4.16. The van der Waals surface area contributed by atoms with Crippen molar-refractivity contribution >= 4 is 15.8 Å². The van der Waals surface area contributed by atoms with E-state index in [0.717, 1.165) is 6.20 Å². The molecule has 2 aromatic rings. The Morgan fingerprint density at radius 2 is 1.96 bits per heavy atom. The molecular formula is C16H21N3O5S. The Hall–Kier alpha value is -2.42. The Balaban J connectivity index is 2.70. The van der Waals surface area contributed by atoms with E-state index >= 15 is 0 Å². The van der Waals surface area contributed by atoms with Crippen LogP contribution < -0.4 is 4.74 Å². The number of hydrogen-bond donors (Lipinski definition) is 0. The number of benzene rings is 1. The number of nitrogens with zero attached hydrogens (tertiary/aromatic N) is 3. The molecule has 1 aromatic carbocycles. The van der Waals surface area contributed by atoms with E-state index < -0.39 is 20.8 Å². The summed E-state index contributed by atoms with van der Waals surface area (Å²) in [5.41, 5.74) is 0.335. The molecule has 0 saturated heterocycles. The van der Waals surface area contributed by atoms with Crippen LogP contribution in [0.15, 0.2) is 29.3 Å². The zero-order valence-corrected chi connectivity index (χ0v) is 15.6. The van der Waals surface area contributed by atoms with E-state index in [-0.39, 0.29) is 16.1 Å². The molecule has 9 heteroatoms. The Labute approximate surface area is 146 Å². The fourth-order valence-electron chi connectivity index (χ4n) is 2.48. The van der Waals surface area contributed by atoms with Crippen molar-refractivity contribution in [3.8, 4) is 5.75 Å². The monoisotopic (exact) mass is 367 g/mol. The maximum atomic E-state index is 13.0. The summed E-state index contributed by atoms with van der Waals surface area (Å²) in [5, 5.41) is 11.1.